The van der Waals surface area contributed by atoms with Crippen molar-refractivity contribution in [3.8, 4) is 0 Å². The summed E-state index contributed by atoms with van der Waals surface area (Å²) in [5.41, 5.74) is 0.886. The molecule has 0 radical (unpaired) electrons. The van der Waals surface area contributed by atoms with E-state index in [-0.39, 0.29) is 13.2 Å². The summed E-state index contributed by atoms with van der Waals surface area (Å²) >= 11 is 0. The highest BCUT2D eigenvalue weighted by Crippen LogP contribution is 2.20. The van der Waals surface area contributed by atoms with E-state index in [0.717, 1.165) is 5.56 Å². The maximum absolute atomic E-state index is 11.8. The van der Waals surface area contributed by atoms with Gasteiger partial charge in [0.25, 0.3) is 0 Å². The molecule has 7 heteroatoms. The van der Waals surface area contributed by atoms with Gasteiger partial charge in [-0.05, 0) is 12.0 Å². The van der Waals surface area contributed by atoms with Crippen molar-refractivity contribution in [3.63, 3.8) is 0 Å². The first kappa shape index (κ1) is 14.1. The average Bonchev–Trinajstić information content (AvgIpc) is 2.87. The van der Waals surface area contributed by atoms with E-state index >= 15 is 0 Å². The fourth-order valence-corrected chi connectivity index (χ4v) is 3.12. The van der Waals surface area contributed by atoms with Crippen molar-refractivity contribution in [1.29, 1.82) is 0 Å². The topological polar surface area (TPSA) is 63.7 Å². The van der Waals surface area contributed by atoms with Crippen LogP contribution in [0.3, 0.4) is 0 Å². The van der Waals surface area contributed by atoms with Crippen molar-refractivity contribution in [2.75, 3.05) is 13.1 Å². The third-order valence-electron chi connectivity index (χ3n) is 3.01. The summed E-state index contributed by atoms with van der Waals surface area (Å²) in [4.78, 5) is 13.1. The van der Waals surface area contributed by atoms with Gasteiger partial charge in [-0.25, -0.2) is 13.2 Å². The fourth-order valence-electron chi connectivity index (χ4n) is 1.93. The molecule has 0 spiro atoms. The van der Waals surface area contributed by atoms with E-state index in [9.17, 15) is 13.2 Å². The van der Waals surface area contributed by atoms with Gasteiger partial charge in [-0.3, -0.25) is 0 Å². The first-order chi connectivity index (χ1) is 8.97. The van der Waals surface area contributed by atoms with Crippen molar-refractivity contribution < 1.29 is 17.9 Å². The van der Waals surface area contributed by atoms with Gasteiger partial charge in [0.1, 0.15) is 6.61 Å². The van der Waals surface area contributed by atoms with E-state index in [1.54, 1.807) is 0 Å². The molecule has 1 atom stereocenters. The summed E-state index contributed by atoms with van der Waals surface area (Å²) in [7, 11) is 1.66. The smallest absolute Gasteiger partial charge is 0.410 e. The van der Waals surface area contributed by atoms with Crippen molar-refractivity contribution in [2.45, 2.75) is 18.3 Å². The Morgan fingerprint density at radius 2 is 2.05 bits per heavy atom. The third kappa shape index (κ3) is 3.84. The second-order valence-corrected chi connectivity index (χ2v) is 7.28. The molecule has 0 bridgehead atoms. The molecule has 0 unspecified atom stereocenters. The molecule has 0 aliphatic carbocycles. The van der Waals surface area contributed by atoms with E-state index < -0.39 is 20.4 Å². The van der Waals surface area contributed by atoms with E-state index in [1.165, 1.54) is 4.90 Å². The van der Waals surface area contributed by atoms with E-state index in [1.807, 2.05) is 30.3 Å². The van der Waals surface area contributed by atoms with Gasteiger partial charge in [-0.15, -0.1) is 0 Å². The molecule has 1 amide bonds. The van der Waals surface area contributed by atoms with Crippen LogP contribution >= 0.6 is 10.7 Å². The highest BCUT2D eigenvalue weighted by atomic mass is 35.7. The molecule has 5 nitrogen and oxygen atoms in total. The molecule has 1 aromatic carbocycles. The number of carbonyl (C=O) groups is 1. The van der Waals surface area contributed by atoms with Crippen LogP contribution in [0.1, 0.15) is 12.0 Å². The molecule has 0 saturated carbocycles. The number of halogens is 1. The highest BCUT2D eigenvalue weighted by molar-refractivity contribution is 8.14. The van der Waals surface area contributed by atoms with Gasteiger partial charge in [-0.1, -0.05) is 30.3 Å². The van der Waals surface area contributed by atoms with Gasteiger partial charge in [0.2, 0.25) is 9.05 Å². The van der Waals surface area contributed by atoms with Crippen LogP contribution in [0, 0.1) is 0 Å². The Morgan fingerprint density at radius 3 is 2.63 bits per heavy atom. The molecule has 1 saturated heterocycles. The first-order valence-corrected chi connectivity index (χ1v) is 8.23. The van der Waals surface area contributed by atoms with E-state index in [4.69, 9.17) is 15.4 Å². The van der Waals surface area contributed by atoms with Gasteiger partial charge >= 0.3 is 6.09 Å². The lowest BCUT2D eigenvalue weighted by Gasteiger charge is -2.15. The number of ether oxygens (including phenoxy) is 1. The number of benzene rings is 1. The SMILES string of the molecule is O=C(OCc1ccccc1)N1CC[C@H](S(=O)(=O)Cl)C1. The summed E-state index contributed by atoms with van der Waals surface area (Å²) in [5.74, 6) is 0. The molecule has 0 N–H and O–H groups in total. The average molecular weight is 304 g/mol. The molecule has 0 aromatic heterocycles. The predicted octanol–water partition coefficient (Wildman–Crippen LogP) is 1.97. The summed E-state index contributed by atoms with van der Waals surface area (Å²) < 4.78 is 27.5. The first-order valence-electron chi connectivity index (χ1n) is 5.86. The van der Waals surface area contributed by atoms with Crippen LogP contribution in [0.15, 0.2) is 30.3 Å². The lowest BCUT2D eigenvalue weighted by atomic mass is 10.2. The number of carbonyl (C=O) groups excluding carboxylic acids is 1. The summed E-state index contributed by atoms with van der Waals surface area (Å²) in [6, 6.07) is 9.29. The molecule has 19 heavy (non-hydrogen) atoms. The van der Waals surface area contributed by atoms with Gasteiger partial charge in [0, 0.05) is 23.8 Å². The minimum absolute atomic E-state index is 0.0967. The zero-order chi connectivity index (χ0) is 13.9. The van der Waals surface area contributed by atoms with Crippen molar-refractivity contribution in [2.24, 2.45) is 0 Å². The van der Waals surface area contributed by atoms with Crippen LogP contribution in [-0.4, -0.2) is 37.8 Å². The minimum atomic E-state index is -3.61. The van der Waals surface area contributed by atoms with Crippen LogP contribution in [0.4, 0.5) is 4.79 Å². The van der Waals surface area contributed by atoms with E-state index in [2.05, 4.69) is 0 Å². The second kappa shape index (κ2) is 5.79. The van der Waals surface area contributed by atoms with Gasteiger partial charge in [-0.2, -0.15) is 0 Å². The Bertz CT molecular complexity index is 546. The molecule has 1 aliphatic rings. The van der Waals surface area contributed by atoms with Crippen LogP contribution in [0.25, 0.3) is 0 Å². The molecular weight excluding hydrogens is 290 g/mol. The molecule has 1 aliphatic heterocycles. The molecule has 104 valence electrons. The maximum atomic E-state index is 11.8. The van der Waals surface area contributed by atoms with Crippen molar-refractivity contribution in [1.82, 2.24) is 4.90 Å². The Labute approximate surface area is 116 Å². The lowest BCUT2D eigenvalue weighted by molar-refractivity contribution is 0.104. The quantitative estimate of drug-likeness (QED) is 0.801. The van der Waals surface area contributed by atoms with Crippen molar-refractivity contribution >= 4 is 25.8 Å². The van der Waals surface area contributed by atoms with Gasteiger partial charge in [0.05, 0.1) is 5.25 Å². The zero-order valence-corrected chi connectivity index (χ0v) is 11.7. The lowest BCUT2D eigenvalue weighted by Crippen LogP contribution is -2.31. The molecule has 1 aromatic rings. The number of hydrogen-bond acceptors (Lipinski definition) is 4. The summed E-state index contributed by atoms with van der Waals surface area (Å²) in [6.45, 7) is 0.623. The van der Waals surface area contributed by atoms with Crippen LogP contribution in [-0.2, 0) is 20.4 Å². The molecule has 1 fully saturated rings. The van der Waals surface area contributed by atoms with Gasteiger partial charge < -0.3 is 9.64 Å². The molecule has 2 rings (SSSR count). The molecule has 1 heterocycles. The van der Waals surface area contributed by atoms with Crippen LogP contribution < -0.4 is 0 Å². The number of likely N-dealkylation sites (tertiary alicyclic amines) is 1. The number of amides is 1. The normalized spacial score (nSPS) is 19.4. The standard InChI is InChI=1S/C12H14ClNO4S/c13-19(16,17)11-6-7-14(8-11)12(15)18-9-10-4-2-1-3-5-10/h1-5,11H,6-9H2/t11-/m0/s1. The van der Waals surface area contributed by atoms with Crippen molar-refractivity contribution in [3.05, 3.63) is 35.9 Å². The van der Waals surface area contributed by atoms with Crippen LogP contribution in [0.2, 0.25) is 0 Å². The maximum Gasteiger partial charge on any atom is 0.410 e. The minimum Gasteiger partial charge on any atom is -0.445 e. The van der Waals surface area contributed by atoms with Gasteiger partial charge in [0.15, 0.2) is 0 Å². The largest absolute Gasteiger partial charge is 0.445 e. The Morgan fingerprint density at radius 1 is 1.37 bits per heavy atom. The van der Waals surface area contributed by atoms with Crippen LogP contribution in [0.5, 0.6) is 0 Å². The zero-order valence-electron chi connectivity index (χ0n) is 10.2. The summed E-state index contributed by atoms with van der Waals surface area (Å²) in [5, 5.41) is -0.696. The summed E-state index contributed by atoms with van der Waals surface area (Å²) in [6.07, 6.45) is -0.154. The molecular formula is C12H14ClNO4S. The van der Waals surface area contributed by atoms with E-state index in [0.29, 0.717) is 13.0 Å². The second-order valence-electron chi connectivity index (χ2n) is 4.37. The number of hydrogen-bond donors (Lipinski definition) is 0. The number of rotatable bonds is 3. The Kier molecular flexibility index (Phi) is 4.31. The third-order valence-corrected chi connectivity index (χ3v) is 4.94. The highest BCUT2D eigenvalue weighted by Gasteiger charge is 2.34. The Balaban J connectivity index is 1.85. The monoisotopic (exact) mass is 303 g/mol. The number of nitrogens with zero attached hydrogens (tertiary/aromatic N) is 1. The Hall–Kier alpha value is -1.27. The fraction of sp³-hybridized carbons (Fsp3) is 0.417. The predicted molar refractivity (Wildman–Crippen MR) is 71.4 cm³/mol.